The molecule has 0 aromatic heterocycles. The molecule has 2 unspecified atom stereocenters. The number of hydroxylamine groups is 2. The SMILES string of the molecule is NC(=O)ON1CC2OC2C1. The van der Waals surface area contributed by atoms with E-state index in [4.69, 9.17) is 10.5 Å². The van der Waals surface area contributed by atoms with E-state index in [-0.39, 0.29) is 12.2 Å². The Balaban J connectivity index is 1.80. The van der Waals surface area contributed by atoms with Crippen molar-refractivity contribution in [3.05, 3.63) is 0 Å². The van der Waals surface area contributed by atoms with Gasteiger partial charge in [0.05, 0.1) is 13.1 Å². The van der Waals surface area contributed by atoms with Gasteiger partial charge in [-0.05, 0) is 0 Å². The fourth-order valence-electron chi connectivity index (χ4n) is 1.18. The summed E-state index contributed by atoms with van der Waals surface area (Å²) in [5.41, 5.74) is 4.79. The topological polar surface area (TPSA) is 68.1 Å². The van der Waals surface area contributed by atoms with Gasteiger partial charge < -0.3 is 15.3 Å². The first-order chi connectivity index (χ1) is 4.75. The second kappa shape index (κ2) is 1.83. The van der Waals surface area contributed by atoms with Crippen LogP contribution in [0.4, 0.5) is 4.79 Å². The van der Waals surface area contributed by atoms with E-state index >= 15 is 0 Å². The number of ether oxygens (including phenoxy) is 1. The van der Waals surface area contributed by atoms with E-state index in [0.717, 1.165) is 0 Å². The minimum atomic E-state index is -0.749. The van der Waals surface area contributed by atoms with Crippen LogP contribution < -0.4 is 5.73 Å². The third-order valence-electron chi connectivity index (χ3n) is 1.67. The van der Waals surface area contributed by atoms with Crippen LogP contribution >= 0.6 is 0 Å². The lowest BCUT2D eigenvalue weighted by molar-refractivity contribution is -0.0974. The average Bonchev–Trinajstić information content (AvgIpc) is 2.39. The Morgan fingerprint density at radius 2 is 2.20 bits per heavy atom. The molecule has 2 N–H and O–H groups in total. The molecular weight excluding hydrogens is 136 g/mol. The van der Waals surface area contributed by atoms with E-state index in [1.165, 1.54) is 5.06 Å². The number of carbonyl (C=O) groups is 1. The smallest absolute Gasteiger partial charge is 0.367 e. The summed E-state index contributed by atoms with van der Waals surface area (Å²) >= 11 is 0. The Kier molecular flexibility index (Phi) is 1.09. The van der Waals surface area contributed by atoms with Crippen molar-refractivity contribution < 1.29 is 14.4 Å². The highest BCUT2D eigenvalue weighted by Crippen LogP contribution is 2.30. The first-order valence-corrected chi connectivity index (χ1v) is 3.13. The van der Waals surface area contributed by atoms with Crippen molar-refractivity contribution in [1.29, 1.82) is 0 Å². The second-order valence-corrected chi connectivity index (χ2v) is 2.47. The summed E-state index contributed by atoms with van der Waals surface area (Å²) in [5.74, 6) is 0. The maximum absolute atomic E-state index is 10.2. The Labute approximate surface area is 57.6 Å². The van der Waals surface area contributed by atoms with Gasteiger partial charge in [-0.3, -0.25) is 0 Å². The Morgan fingerprint density at radius 1 is 1.60 bits per heavy atom. The molecule has 56 valence electrons. The zero-order chi connectivity index (χ0) is 7.14. The van der Waals surface area contributed by atoms with Crippen LogP contribution in [0.15, 0.2) is 0 Å². The molecule has 10 heavy (non-hydrogen) atoms. The van der Waals surface area contributed by atoms with Crippen molar-refractivity contribution in [2.45, 2.75) is 12.2 Å². The number of carbonyl (C=O) groups excluding carboxylic acids is 1. The molecule has 2 aliphatic rings. The molecule has 0 radical (unpaired) electrons. The van der Waals surface area contributed by atoms with Crippen molar-refractivity contribution in [3.63, 3.8) is 0 Å². The molecule has 1 amide bonds. The highest BCUT2D eigenvalue weighted by Gasteiger charge is 2.48. The summed E-state index contributed by atoms with van der Waals surface area (Å²) in [4.78, 5) is 14.8. The number of amides is 1. The number of hydrogen-bond acceptors (Lipinski definition) is 4. The number of epoxide rings is 1. The fraction of sp³-hybridized carbons (Fsp3) is 0.800. The zero-order valence-electron chi connectivity index (χ0n) is 5.32. The Bertz CT molecular complexity index is 162. The van der Waals surface area contributed by atoms with Gasteiger partial charge in [-0.25, -0.2) is 4.79 Å². The second-order valence-electron chi connectivity index (χ2n) is 2.47. The molecule has 2 rings (SSSR count). The van der Waals surface area contributed by atoms with Crippen LogP contribution in [-0.4, -0.2) is 36.5 Å². The highest BCUT2D eigenvalue weighted by atomic mass is 16.7. The lowest BCUT2D eigenvalue weighted by atomic mass is 10.4. The summed E-state index contributed by atoms with van der Waals surface area (Å²) in [7, 11) is 0. The Morgan fingerprint density at radius 3 is 2.70 bits per heavy atom. The van der Waals surface area contributed by atoms with Gasteiger partial charge >= 0.3 is 6.09 Å². The normalized spacial score (nSPS) is 37.2. The van der Waals surface area contributed by atoms with Crippen molar-refractivity contribution in [2.75, 3.05) is 13.1 Å². The standard InChI is InChI=1S/C5H8N2O3/c6-5(8)10-7-1-3-4(2-7)9-3/h3-4H,1-2H2,(H2,6,8). The van der Waals surface area contributed by atoms with Crippen LogP contribution in [-0.2, 0) is 9.57 Å². The number of fused-ring (bicyclic) bond motifs is 1. The van der Waals surface area contributed by atoms with Gasteiger partial charge in [-0.2, -0.15) is 0 Å². The third kappa shape index (κ3) is 0.932. The van der Waals surface area contributed by atoms with Crippen LogP contribution in [0.25, 0.3) is 0 Å². The molecule has 2 fully saturated rings. The predicted molar refractivity (Wildman–Crippen MR) is 30.9 cm³/mol. The molecule has 0 aliphatic carbocycles. The van der Waals surface area contributed by atoms with E-state index in [9.17, 15) is 4.79 Å². The summed E-state index contributed by atoms with van der Waals surface area (Å²) in [6, 6.07) is 0. The van der Waals surface area contributed by atoms with Gasteiger partial charge in [0.25, 0.3) is 0 Å². The van der Waals surface area contributed by atoms with Gasteiger partial charge in [0.1, 0.15) is 12.2 Å². The van der Waals surface area contributed by atoms with Crippen molar-refractivity contribution >= 4 is 6.09 Å². The van der Waals surface area contributed by atoms with Crippen molar-refractivity contribution in [1.82, 2.24) is 5.06 Å². The molecule has 2 heterocycles. The van der Waals surface area contributed by atoms with Crippen LogP contribution in [0, 0.1) is 0 Å². The molecule has 0 saturated carbocycles. The summed E-state index contributed by atoms with van der Waals surface area (Å²) in [5, 5.41) is 1.53. The predicted octanol–water partition coefficient (Wildman–Crippen LogP) is -0.920. The van der Waals surface area contributed by atoms with Gasteiger partial charge in [-0.1, -0.05) is 0 Å². The maximum Gasteiger partial charge on any atom is 0.423 e. The molecule has 2 atom stereocenters. The number of nitrogens with zero attached hydrogens (tertiary/aromatic N) is 1. The lowest BCUT2D eigenvalue weighted by Gasteiger charge is -2.13. The first kappa shape index (κ1) is 5.94. The van der Waals surface area contributed by atoms with Gasteiger partial charge in [0, 0.05) is 0 Å². The van der Waals surface area contributed by atoms with Crippen LogP contribution in [0.1, 0.15) is 0 Å². The fourth-order valence-corrected chi connectivity index (χ4v) is 1.18. The molecule has 2 saturated heterocycles. The van der Waals surface area contributed by atoms with Crippen molar-refractivity contribution in [2.24, 2.45) is 5.73 Å². The molecular formula is C5H8N2O3. The van der Waals surface area contributed by atoms with Crippen LogP contribution in [0.3, 0.4) is 0 Å². The minimum Gasteiger partial charge on any atom is -0.367 e. The minimum absolute atomic E-state index is 0.277. The molecule has 2 aliphatic heterocycles. The van der Waals surface area contributed by atoms with E-state index in [1.54, 1.807) is 0 Å². The quantitative estimate of drug-likeness (QED) is 0.483. The number of rotatable bonds is 1. The molecule has 5 heteroatoms. The third-order valence-corrected chi connectivity index (χ3v) is 1.67. The molecule has 0 bridgehead atoms. The van der Waals surface area contributed by atoms with E-state index < -0.39 is 6.09 Å². The zero-order valence-corrected chi connectivity index (χ0v) is 5.32. The highest BCUT2D eigenvalue weighted by molar-refractivity contribution is 5.64. The number of morpholine rings is 1. The van der Waals surface area contributed by atoms with Gasteiger partial charge in [0.15, 0.2) is 0 Å². The monoisotopic (exact) mass is 144 g/mol. The van der Waals surface area contributed by atoms with E-state index in [2.05, 4.69) is 4.84 Å². The Hall–Kier alpha value is -0.810. The van der Waals surface area contributed by atoms with Crippen LogP contribution in [0.5, 0.6) is 0 Å². The molecule has 0 spiro atoms. The lowest BCUT2D eigenvalue weighted by Crippen LogP contribution is -2.30. The van der Waals surface area contributed by atoms with Crippen LogP contribution in [0.2, 0.25) is 0 Å². The number of primary amides is 1. The summed E-state index contributed by atoms with van der Waals surface area (Å²) < 4.78 is 5.09. The number of nitrogens with two attached hydrogens (primary N) is 1. The molecule has 5 nitrogen and oxygen atoms in total. The van der Waals surface area contributed by atoms with E-state index in [0.29, 0.717) is 13.1 Å². The van der Waals surface area contributed by atoms with Crippen molar-refractivity contribution in [3.8, 4) is 0 Å². The molecule has 0 aromatic carbocycles. The average molecular weight is 144 g/mol. The first-order valence-electron chi connectivity index (χ1n) is 3.13. The van der Waals surface area contributed by atoms with Gasteiger partial charge in [0.2, 0.25) is 0 Å². The molecule has 0 aromatic rings. The number of hydrogen-bond donors (Lipinski definition) is 1. The summed E-state index contributed by atoms with van der Waals surface area (Å²) in [6.07, 6.45) is -0.194. The largest absolute Gasteiger partial charge is 0.423 e. The summed E-state index contributed by atoms with van der Waals surface area (Å²) in [6.45, 7) is 1.32. The van der Waals surface area contributed by atoms with E-state index in [1.807, 2.05) is 0 Å². The van der Waals surface area contributed by atoms with Gasteiger partial charge in [-0.15, -0.1) is 5.06 Å². The maximum atomic E-state index is 10.2.